The minimum atomic E-state index is 0.281. The quantitative estimate of drug-likeness (QED) is 0.820. The van der Waals surface area contributed by atoms with E-state index in [1.165, 1.54) is 12.8 Å². The molecule has 3 fully saturated rings. The van der Waals surface area contributed by atoms with Crippen molar-refractivity contribution in [3.8, 4) is 6.07 Å². The molecule has 3 heterocycles. The zero-order valence-electron chi connectivity index (χ0n) is 11.5. The van der Waals surface area contributed by atoms with Gasteiger partial charge < -0.3 is 9.64 Å². The highest BCUT2D eigenvalue weighted by atomic mass is 16.5. The van der Waals surface area contributed by atoms with E-state index in [1.54, 1.807) is 0 Å². The van der Waals surface area contributed by atoms with Crippen molar-refractivity contribution in [1.82, 2.24) is 10.2 Å². The summed E-state index contributed by atoms with van der Waals surface area (Å²) in [6, 6.07) is 4.24. The van der Waals surface area contributed by atoms with Gasteiger partial charge in [0, 0.05) is 31.0 Å². The van der Waals surface area contributed by atoms with Crippen LogP contribution in [0.3, 0.4) is 0 Å². The minimum Gasteiger partial charge on any atom is -0.381 e. The first-order chi connectivity index (χ1) is 9.80. The summed E-state index contributed by atoms with van der Waals surface area (Å²) in [5.74, 6) is 1.30. The van der Waals surface area contributed by atoms with Gasteiger partial charge in [0.05, 0.1) is 17.9 Å². The average Bonchev–Trinajstić information content (AvgIpc) is 3.11. The van der Waals surface area contributed by atoms with Crippen LogP contribution in [0, 0.1) is 16.7 Å². The predicted octanol–water partition coefficient (Wildman–Crippen LogP) is 1.84. The van der Waals surface area contributed by atoms with E-state index in [2.05, 4.69) is 21.2 Å². The highest BCUT2D eigenvalue weighted by Gasteiger charge is 2.42. The van der Waals surface area contributed by atoms with Gasteiger partial charge in [-0.3, -0.25) is 0 Å². The minimum absolute atomic E-state index is 0.281. The van der Waals surface area contributed by atoms with Gasteiger partial charge in [-0.1, -0.05) is 0 Å². The Labute approximate surface area is 118 Å². The highest BCUT2D eigenvalue weighted by molar-refractivity contribution is 5.54. The maximum absolute atomic E-state index is 9.39. The molecule has 2 saturated heterocycles. The Morgan fingerprint density at radius 2 is 2.25 bits per heavy atom. The van der Waals surface area contributed by atoms with Gasteiger partial charge in [-0.2, -0.15) is 10.4 Å². The number of nitrogens with zero attached hydrogens (tertiary/aromatic N) is 4. The molecule has 3 aliphatic rings. The van der Waals surface area contributed by atoms with Gasteiger partial charge in [0.1, 0.15) is 6.07 Å². The van der Waals surface area contributed by atoms with Crippen molar-refractivity contribution in [2.24, 2.45) is 5.41 Å². The maximum Gasteiger partial charge on any atom is 0.169 e. The maximum atomic E-state index is 9.39. The fourth-order valence-electron chi connectivity index (χ4n) is 3.38. The zero-order valence-corrected chi connectivity index (χ0v) is 11.5. The molecular formula is C15H18N4O. The van der Waals surface area contributed by atoms with Crippen LogP contribution in [0.2, 0.25) is 0 Å². The Kier molecular flexibility index (Phi) is 2.67. The van der Waals surface area contributed by atoms with Crippen LogP contribution in [0.1, 0.15) is 42.9 Å². The largest absolute Gasteiger partial charge is 0.381 e. The van der Waals surface area contributed by atoms with Crippen molar-refractivity contribution < 1.29 is 4.74 Å². The second-order valence-electron chi connectivity index (χ2n) is 6.37. The summed E-state index contributed by atoms with van der Waals surface area (Å²) < 4.78 is 5.55. The van der Waals surface area contributed by atoms with E-state index in [1.807, 2.05) is 6.07 Å². The molecule has 1 aromatic heterocycles. The lowest BCUT2D eigenvalue weighted by Crippen LogP contribution is -2.28. The summed E-state index contributed by atoms with van der Waals surface area (Å²) in [7, 11) is 0. The van der Waals surface area contributed by atoms with E-state index >= 15 is 0 Å². The van der Waals surface area contributed by atoms with Gasteiger partial charge in [-0.25, -0.2) is 0 Å². The van der Waals surface area contributed by atoms with E-state index in [-0.39, 0.29) is 5.41 Å². The fourth-order valence-corrected chi connectivity index (χ4v) is 3.38. The summed E-state index contributed by atoms with van der Waals surface area (Å²) in [5.41, 5.74) is 1.95. The molecule has 1 aliphatic carbocycles. The summed E-state index contributed by atoms with van der Waals surface area (Å²) in [5, 5.41) is 18.1. The van der Waals surface area contributed by atoms with Gasteiger partial charge in [-0.05, 0) is 31.7 Å². The monoisotopic (exact) mass is 270 g/mol. The van der Waals surface area contributed by atoms with Crippen molar-refractivity contribution in [1.29, 1.82) is 5.26 Å². The Hall–Kier alpha value is -1.67. The molecular weight excluding hydrogens is 252 g/mol. The van der Waals surface area contributed by atoms with Crippen LogP contribution in [0.15, 0.2) is 6.07 Å². The molecule has 5 nitrogen and oxygen atoms in total. The van der Waals surface area contributed by atoms with Crippen molar-refractivity contribution >= 4 is 5.82 Å². The lowest BCUT2D eigenvalue weighted by atomic mass is 9.87. The van der Waals surface area contributed by atoms with E-state index in [4.69, 9.17) is 4.74 Å². The van der Waals surface area contributed by atoms with Crippen LogP contribution in [-0.4, -0.2) is 36.5 Å². The number of hydrogen-bond acceptors (Lipinski definition) is 5. The molecule has 1 saturated carbocycles. The van der Waals surface area contributed by atoms with Crippen molar-refractivity contribution in [3.05, 3.63) is 17.3 Å². The lowest BCUT2D eigenvalue weighted by Gasteiger charge is -2.22. The van der Waals surface area contributed by atoms with Gasteiger partial charge >= 0.3 is 0 Å². The number of anilines is 1. The van der Waals surface area contributed by atoms with Crippen LogP contribution in [0.25, 0.3) is 0 Å². The smallest absolute Gasteiger partial charge is 0.169 e. The van der Waals surface area contributed by atoms with Crippen molar-refractivity contribution in [2.75, 3.05) is 31.2 Å². The Bertz CT molecular complexity index is 570. The number of hydrogen-bond donors (Lipinski definition) is 0. The van der Waals surface area contributed by atoms with Crippen LogP contribution in [0.4, 0.5) is 5.82 Å². The third kappa shape index (κ3) is 1.95. The summed E-state index contributed by atoms with van der Waals surface area (Å²) >= 11 is 0. The van der Waals surface area contributed by atoms with Crippen LogP contribution >= 0.6 is 0 Å². The molecule has 0 aromatic carbocycles. The first kappa shape index (κ1) is 12.1. The van der Waals surface area contributed by atoms with Crippen LogP contribution in [-0.2, 0) is 4.74 Å². The van der Waals surface area contributed by atoms with Gasteiger partial charge in [0.25, 0.3) is 0 Å². The molecule has 1 spiro atoms. The van der Waals surface area contributed by atoms with Gasteiger partial charge in [0.15, 0.2) is 5.82 Å². The second kappa shape index (κ2) is 4.42. The third-order valence-electron chi connectivity index (χ3n) is 4.83. The Morgan fingerprint density at radius 3 is 2.95 bits per heavy atom. The van der Waals surface area contributed by atoms with E-state index in [0.717, 1.165) is 50.7 Å². The molecule has 0 radical (unpaired) electrons. The lowest BCUT2D eigenvalue weighted by molar-refractivity contribution is 0.160. The zero-order chi connectivity index (χ0) is 13.6. The third-order valence-corrected chi connectivity index (χ3v) is 4.83. The highest BCUT2D eigenvalue weighted by Crippen LogP contribution is 2.42. The molecule has 20 heavy (non-hydrogen) atoms. The molecule has 0 bridgehead atoms. The Balaban J connectivity index is 1.60. The fraction of sp³-hybridized carbons (Fsp3) is 0.667. The normalized spacial score (nSPS) is 29.1. The van der Waals surface area contributed by atoms with Crippen molar-refractivity contribution in [3.63, 3.8) is 0 Å². The van der Waals surface area contributed by atoms with Gasteiger partial charge in [0.2, 0.25) is 0 Å². The molecule has 1 atom stereocenters. The molecule has 4 rings (SSSR count). The molecule has 1 aromatic rings. The Morgan fingerprint density at radius 1 is 1.35 bits per heavy atom. The SMILES string of the molecule is N#Cc1cc(C2CC2)nnc1N1CCC2(CCOC2)C1. The van der Waals surface area contributed by atoms with E-state index in [9.17, 15) is 5.26 Å². The number of aromatic nitrogens is 2. The van der Waals surface area contributed by atoms with E-state index < -0.39 is 0 Å². The number of ether oxygens (including phenoxy) is 1. The first-order valence-electron chi connectivity index (χ1n) is 7.40. The summed E-state index contributed by atoms with van der Waals surface area (Å²) in [6.07, 6.45) is 4.62. The summed E-state index contributed by atoms with van der Waals surface area (Å²) in [4.78, 5) is 2.22. The topological polar surface area (TPSA) is 62.0 Å². The molecule has 5 heteroatoms. The van der Waals surface area contributed by atoms with Crippen LogP contribution < -0.4 is 4.90 Å². The molecule has 2 aliphatic heterocycles. The second-order valence-corrected chi connectivity index (χ2v) is 6.37. The standard InChI is InChI=1S/C15H18N4O/c16-8-12-7-13(11-1-2-11)17-18-14(12)19-5-3-15(9-19)4-6-20-10-15/h7,11H,1-6,9-10H2. The van der Waals surface area contributed by atoms with E-state index in [0.29, 0.717) is 11.5 Å². The molecule has 0 amide bonds. The summed E-state index contributed by atoms with van der Waals surface area (Å²) in [6.45, 7) is 3.61. The first-order valence-corrected chi connectivity index (χ1v) is 7.40. The number of nitriles is 1. The van der Waals surface area contributed by atoms with Gasteiger partial charge in [-0.15, -0.1) is 5.10 Å². The predicted molar refractivity (Wildman–Crippen MR) is 73.4 cm³/mol. The number of rotatable bonds is 2. The molecule has 0 N–H and O–H groups in total. The molecule has 104 valence electrons. The molecule has 1 unspecified atom stereocenters. The average molecular weight is 270 g/mol. The van der Waals surface area contributed by atoms with Crippen LogP contribution in [0.5, 0.6) is 0 Å². The van der Waals surface area contributed by atoms with Crippen molar-refractivity contribution in [2.45, 2.75) is 31.6 Å².